The second kappa shape index (κ2) is 6.46. The zero-order chi connectivity index (χ0) is 15.4. The zero-order valence-electron chi connectivity index (χ0n) is 12.7. The lowest BCUT2D eigenvalue weighted by molar-refractivity contribution is 0.395. The normalized spacial score (nSPS) is 20.8. The van der Waals surface area contributed by atoms with Crippen LogP contribution in [0.15, 0.2) is 48.5 Å². The fourth-order valence-corrected chi connectivity index (χ4v) is 3.66. The van der Waals surface area contributed by atoms with Crippen molar-refractivity contribution >= 4 is 11.4 Å². The van der Waals surface area contributed by atoms with Crippen LogP contribution in [0.3, 0.4) is 0 Å². The molecule has 0 amide bonds. The second-order valence-corrected chi connectivity index (χ2v) is 5.94. The van der Waals surface area contributed by atoms with E-state index >= 15 is 0 Å². The Labute approximate surface area is 132 Å². The van der Waals surface area contributed by atoms with Crippen molar-refractivity contribution in [3.05, 3.63) is 69.3 Å². The predicted molar refractivity (Wildman–Crippen MR) is 92.8 cm³/mol. The molecule has 2 unspecified atom stereocenters. The van der Waals surface area contributed by atoms with Crippen LogP contribution in [0.1, 0.15) is 48.6 Å². The Hall–Kier alpha value is -2.58. The molecule has 2 aromatic rings. The van der Waals surface area contributed by atoms with Crippen molar-refractivity contribution < 1.29 is 0 Å². The highest BCUT2D eigenvalue weighted by molar-refractivity contribution is 5.56. The molecular formula is C20H20N2+2. The summed E-state index contributed by atoms with van der Waals surface area (Å²) in [4.78, 5) is 7.88. The highest BCUT2D eigenvalue weighted by atomic mass is 14.7. The van der Waals surface area contributed by atoms with Gasteiger partial charge in [0.25, 0.3) is 13.1 Å². The van der Waals surface area contributed by atoms with Gasteiger partial charge in [0, 0.05) is 23.3 Å². The number of rotatable bonds is 2. The monoisotopic (exact) mass is 288 g/mol. The number of hydrogen-bond donors (Lipinski definition) is 0. The third-order valence-electron chi connectivity index (χ3n) is 4.71. The Morgan fingerprint density at radius 1 is 0.727 bits per heavy atom. The van der Waals surface area contributed by atoms with E-state index in [1.54, 1.807) is 0 Å². The Morgan fingerprint density at radius 2 is 1.18 bits per heavy atom. The molecule has 0 radical (unpaired) electrons. The molecule has 2 heteroatoms. The van der Waals surface area contributed by atoms with Crippen molar-refractivity contribution in [3.8, 4) is 13.1 Å². The highest BCUT2D eigenvalue weighted by Crippen LogP contribution is 2.45. The third-order valence-corrected chi connectivity index (χ3v) is 4.71. The fourth-order valence-electron chi connectivity index (χ4n) is 3.66. The van der Waals surface area contributed by atoms with Crippen LogP contribution in [0.2, 0.25) is 0 Å². The summed E-state index contributed by atoms with van der Waals surface area (Å²) >= 11 is 0. The molecule has 0 N–H and O–H groups in total. The van der Waals surface area contributed by atoms with Crippen LogP contribution in [0.5, 0.6) is 0 Å². The summed E-state index contributed by atoms with van der Waals surface area (Å²) in [5.41, 5.74) is 4.34. The van der Waals surface area contributed by atoms with Gasteiger partial charge in [0.1, 0.15) is 0 Å². The van der Waals surface area contributed by atoms with Gasteiger partial charge in [0.05, 0.1) is 0 Å². The van der Waals surface area contributed by atoms with E-state index < -0.39 is 0 Å². The number of para-hydroxylation sites is 2. The van der Waals surface area contributed by atoms with Gasteiger partial charge in [-0.1, -0.05) is 42.8 Å². The Kier molecular flexibility index (Phi) is 4.22. The molecule has 0 aromatic heterocycles. The van der Waals surface area contributed by atoms with Crippen LogP contribution in [0, 0.1) is 13.1 Å². The van der Waals surface area contributed by atoms with Crippen LogP contribution < -0.4 is 0 Å². The molecule has 108 valence electrons. The molecule has 22 heavy (non-hydrogen) atoms. The van der Waals surface area contributed by atoms with Crippen LogP contribution in [0.4, 0.5) is 11.4 Å². The predicted octanol–water partition coefficient (Wildman–Crippen LogP) is 6.32. The molecular weight excluding hydrogens is 268 g/mol. The fraction of sp³-hybridized carbons (Fsp3) is 0.300. The van der Waals surface area contributed by atoms with Crippen molar-refractivity contribution in [2.24, 2.45) is 0 Å². The van der Waals surface area contributed by atoms with Crippen LogP contribution in [0.25, 0.3) is 9.69 Å². The number of hydrogen-bond acceptors (Lipinski definition) is 0. The molecule has 2 nitrogen and oxygen atoms in total. The minimum Gasteiger partial charge on any atom is -0.0614 e. The van der Waals surface area contributed by atoms with Crippen molar-refractivity contribution in [2.45, 2.75) is 37.5 Å². The molecule has 1 saturated carbocycles. The summed E-state index contributed by atoms with van der Waals surface area (Å²) in [6.45, 7) is 11.1. The molecule has 2 atom stereocenters. The summed E-state index contributed by atoms with van der Waals surface area (Å²) in [6.07, 6.45) is 4.67. The molecule has 0 aliphatic heterocycles. The van der Waals surface area contributed by atoms with Crippen molar-refractivity contribution in [1.82, 2.24) is 0 Å². The molecule has 2 aromatic carbocycles. The van der Waals surface area contributed by atoms with Crippen LogP contribution in [-0.4, -0.2) is 0 Å². The SMILES string of the molecule is C#[N+]c1ccccc1C1CCCC(c2ccccc2[N+]#C)C1. The maximum Gasteiger partial charge on any atom is 0.343 e. The minimum atomic E-state index is 0.494. The van der Waals surface area contributed by atoms with E-state index in [0.717, 1.165) is 17.8 Å². The molecule has 1 aliphatic carbocycles. The van der Waals surface area contributed by atoms with E-state index in [1.165, 1.54) is 30.4 Å². The van der Waals surface area contributed by atoms with Gasteiger partial charge in [-0.25, -0.2) is 0 Å². The molecule has 1 fully saturated rings. The first kappa shape index (κ1) is 14.4. The first-order valence-electron chi connectivity index (χ1n) is 7.83. The largest absolute Gasteiger partial charge is 0.343 e. The molecule has 0 spiro atoms. The van der Waals surface area contributed by atoms with Gasteiger partial charge in [-0.15, -0.1) is 0 Å². The van der Waals surface area contributed by atoms with E-state index in [0.29, 0.717) is 11.8 Å². The zero-order valence-corrected chi connectivity index (χ0v) is 12.7. The van der Waals surface area contributed by atoms with E-state index in [1.807, 2.05) is 24.3 Å². The lowest BCUT2D eigenvalue weighted by atomic mass is 9.74. The van der Waals surface area contributed by atoms with Gasteiger partial charge in [-0.05, 0) is 40.8 Å². The molecule has 0 heterocycles. The van der Waals surface area contributed by atoms with E-state index in [9.17, 15) is 0 Å². The van der Waals surface area contributed by atoms with Gasteiger partial charge in [-0.2, -0.15) is 0 Å². The van der Waals surface area contributed by atoms with Gasteiger partial charge in [-0.3, -0.25) is 0 Å². The lowest BCUT2D eigenvalue weighted by Gasteiger charge is -2.28. The summed E-state index contributed by atoms with van der Waals surface area (Å²) in [5, 5.41) is 0. The average Bonchev–Trinajstić information content (AvgIpc) is 2.61. The average molecular weight is 288 g/mol. The van der Waals surface area contributed by atoms with Gasteiger partial charge in [0.2, 0.25) is 0 Å². The Morgan fingerprint density at radius 3 is 1.64 bits per heavy atom. The van der Waals surface area contributed by atoms with Gasteiger partial charge < -0.3 is 0 Å². The number of nitrogens with zero attached hydrogens (tertiary/aromatic N) is 2. The summed E-state index contributed by atoms with van der Waals surface area (Å²) in [7, 11) is 0. The van der Waals surface area contributed by atoms with E-state index in [4.69, 9.17) is 13.1 Å². The summed E-state index contributed by atoms with van der Waals surface area (Å²) < 4.78 is 0. The Balaban J connectivity index is 1.89. The van der Waals surface area contributed by atoms with E-state index in [2.05, 4.69) is 34.0 Å². The minimum absolute atomic E-state index is 0.494. The molecule has 1 aliphatic rings. The third kappa shape index (κ3) is 2.74. The summed E-state index contributed by atoms with van der Waals surface area (Å²) in [5.74, 6) is 0.987. The maximum absolute atomic E-state index is 5.54. The topological polar surface area (TPSA) is 8.72 Å². The van der Waals surface area contributed by atoms with Crippen LogP contribution in [-0.2, 0) is 0 Å². The standard InChI is InChI=1S/C20H20N2/c1-21-19-12-5-3-10-17(19)15-8-7-9-16(14-15)18-11-4-6-13-20(18)22-2/h1-6,10-13,15-16H,7-9,14H2/q+2. The first-order chi connectivity index (χ1) is 10.8. The smallest absolute Gasteiger partial charge is 0.0614 e. The second-order valence-electron chi connectivity index (χ2n) is 5.94. The lowest BCUT2D eigenvalue weighted by Crippen LogP contribution is -2.13. The molecule has 0 bridgehead atoms. The summed E-state index contributed by atoms with van der Waals surface area (Å²) in [6, 6.07) is 16.4. The van der Waals surface area contributed by atoms with Crippen molar-refractivity contribution in [1.29, 1.82) is 0 Å². The highest BCUT2D eigenvalue weighted by Gasteiger charge is 2.30. The van der Waals surface area contributed by atoms with Gasteiger partial charge >= 0.3 is 11.4 Å². The van der Waals surface area contributed by atoms with Crippen LogP contribution >= 0.6 is 0 Å². The van der Waals surface area contributed by atoms with Gasteiger partial charge in [0.15, 0.2) is 0 Å². The first-order valence-corrected chi connectivity index (χ1v) is 7.83. The maximum atomic E-state index is 5.54. The quantitative estimate of drug-likeness (QED) is 0.611. The molecule has 3 rings (SSSR count). The number of benzene rings is 2. The Bertz CT molecular complexity index is 685. The van der Waals surface area contributed by atoms with E-state index in [-0.39, 0.29) is 0 Å². The molecule has 0 saturated heterocycles. The van der Waals surface area contributed by atoms with Crippen molar-refractivity contribution in [3.63, 3.8) is 0 Å². The van der Waals surface area contributed by atoms with Crippen molar-refractivity contribution in [2.75, 3.05) is 0 Å².